The second-order valence-electron chi connectivity index (χ2n) is 4.07. The van der Waals surface area contributed by atoms with Crippen LogP contribution in [-0.4, -0.2) is 60.8 Å². The van der Waals surface area contributed by atoms with Gasteiger partial charge < -0.3 is 15.7 Å². The van der Waals surface area contributed by atoms with E-state index in [1.54, 1.807) is 6.92 Å². The summed E-state index contributed by atoms with van der Waals surface area (Å²) in [6.45, 7) is 10.3. The van der Waals surface area contributed by atoms with E-state index in [-0.39, 0.29) is 0 Å². The zero-order chi connectivity index (χ0) is 11.3. The summed E-state index contributed by atoms with van der Waals surface area (Å²) in [5, 5.41) is 15.6. The molecule has 5 heteroatoms. The highest BCUT2D eigenvalue weighted by Crippen LogP contribution is 2.13. The van der Waals surface area contributed by atoms with Crippen molar-refractivity contribution >= 4 is 5.97 Å². The first-order chi connectivity index (χ1) is 7.05. The lowest BCUT2D eigenvalue weighted by Gasteiger charge is -2.34. The van der Waals surface area contributed by atoms with Gasteiger partial charge >= 0.3 is 5.97 Å². The molecule has 0 saturated carbocycles. The van der Waals surface area contributed by atoms with Crippen molar-refractivity contribution in [3.63, 3.8) is 0 Å². The van der Waals surface area contributed by atoms with Crippen LogP contribution < -0.4 is 10.6 Å². The number of aliphatic carboxylic acids is 1. The Kier molecular flexibility index (Phi) is 4.50. The SMILES string of the molecule is [CH2]C(C)(C(=O)O)N1CCNCCNCC1. The van der Waals surface area contributed by atoms with Crippen LogP contribution in [0.5, 0.6) is 0 Å². The maximum absolute atomic E-state index is 11.1. The summed E-state index contributed by atoms with van der Waals surface area (Å²) in [6.07, 6.45) is 0. The van der Waals surface area contributed by atoms with Gasteiger partial charge in [-0.05, 0) is 13.8 Å². The van der Waals surface area contributed by atoms with Crippen LogP contribution in [0.1, 0.15) is 6.92 Å². The van der Waals surface area contributed by atoms with E-state index in [9.17, 15) is 4.79 Å². The third-order valence-electron chi connectivity index (χ3n) is 2.75. The molecule has 0 bridgehead atoms. The highest BCUT2D eigenvalue weighted by Gasteiger charge is 2.34. The fourth-order valence-electron chi connectivity index (χ4n) is 1.60. The molecule has 5 nitrogen and oxygen atoms in total. The molecule has 1 heterocycles. The molecule has 1 saturated heterocycles. The van der Waals surface area contributed by atoms with E-state index in [0.29, 0.717) is 13.1 Å². The third-order valence-corrected chi connectivity index (χ3v) is 2.75. The van der Waals surface area contributed by atoms with Gasteiger partial charge in [0.25, 0.3) is 0 Å². The molecule has 1 aliphatic heterocycles. The Bertz CT molecular complexity index is 209. The topological polar surface area (TPSA) is 64.6 Å². The van der Waals surface area contributed by atoms with Gasteiger partial charge in [-0.15, -0.1) is 0 Å². The molecule has 1 fully saturated rings. The number of hydrogen-bond acceptors (Lipinski definition) is 4. The highest BCUT2D eigenvalue weighted by molar-refractivity contribution is 5.79. The largest absolute Gasteiger partial charge is 0.480 e. The Morgan fingerprint density at radius 2 is 1.73 bits per heavy atom. The molecule has 1 aliphatic rings. The zero-order valence-electron chi connectivity index (χ0n) is 9.25. The van der Waals surface area contributed by atoms with Gasteiger partial charge in [0.1, 0.15) is 5.54 Å². The maximum Gasteiger partial charge on any atom is 0.323 e. The summed E-state index contributed by atoms with van der Waals surface area (Å²) < 4.78 is 0. The van der Waals surface area contributed by atoms with Crippen LogP contribution in [0.2, 0.25) is 0 Å². The third kappa shape index (κ3) is 3.44. The Morgan fingerprint density at radius 1 is 1.27 bits per heavy atom. The van der Waals surface area contributed by atoms with Gasteiger partial charge in [-0.2, -0.15) is 0 Å². The molecule has 3 N–H and O–H groups in total. The first-order valence-corrected chi connectivity index (χ1v) is 5.30. The van der Waals surface area contributed by atoms with E-state index in [1.807, 2.05) is 4.90 Å². The lowest BCUT2D eigenvalue weighted by Crippen LogP contribution is -2.53. The number of carbonyl (C=O) groups is 1. The van der Waals surface area contributed by atoms with Gasteiger partial charge in [0, 0.05) is 39.3 Å². The van der Waals surface area contributed by atoms with Gasteiger partial charge in [0.15, 0.2) is 0 Å². The quantitative estimate of drug-likeness (QED) is 0.559. The molecule has 1 radical (unpaired) electrons. The van der Waals surface area contributed by atoms with Crippen molar-refractivity contribution in [1.82, 2.24) is 15.5 Å². The van der Waals surface area contributed by atoms with Crippen molar-refractivity contribution in [2.75, 3.05) is 39.3 Å². The predicted molar refractivity (Wildman–Crippen MR) is 58.7 cm³/mol. The van der Waals surface area contributed by atoms with Crippen LogP contribution in [0, 0.1) is 6.92 Å². The molecule has 0 aromatic carbocycles. The van der Waals surface area contributed by atoms with E-state index in [2.05, 4.69) is 17.6 Å². The second-order valence-corrected chi connectivity index (χ2v) is 4.07. The van der Waals surface area contributed by atoms with Crippen molar-refractivity contribution in [1.29, 1.82) is 0 Å². The minimum Gasteiger partial charge on any atom is -0.480 e. The van der Waals surface area contributed by atoms with Crippen LogP contribution in [0.3, 0.4) is 0 Å². The van der Waals surface area contributed by atoms with Gasteiger partial charge in [0.05, 0.1) is 0 Å². The summed E-state index contributed by atoms with van der Waals surface area (Å²) in [4.78, 5) is 12.9. The lowest BCUT2D eigenvalue weighted by atomic mass is 10.0. The van der Waals surface area contributed by atoms with Gasteiger partial charge in [-0.25, -0.2) is 0 Å². The van der Waals surface area contributed by atoms with Crippen LogP contribution in [0.4, 0.5) is 0 Å². The van der Waals surface area contributed by atoms with E-state index >= 15 is 0 Å². The summed E-state index contributed by atoms with van der Waals surface area (Å²) >= 11 is 0. The zero-order valence-corrected chi connectivity index (χ0v) is 9.25. The number of nitrogens with zero attached hydrogens (tertiary/aromatic N) is 1. The molecule has 0 aromatic heterocycles. The summed E-state index contributed by atoms with van der Waals surface area (Å²) in [5.74, 6) is -0.873. The molecule has 0 amide bonds. The monoisotopic (exact) mass is 214 g/mol. The number of nitrogens with one attached hydrogen (secondary N) is 2. The molecule has 1 rings (SSSR count). The fraction of sp³-hybridized carbons (Fsp3) is 0.800. The molecule has 87 valence electrons. The Balaban J connectivity index is 2.59. The normalized spacial score (nSPS) is 21.5. The first kappa shape index (κ1) is 12.4. The molecule has 0 spiro atoms. The molecule has 0 aliphatic carbocycles. The molecular weight excluding hydrogens is 194 g/mol. The van der Waals surface area contributed by atoms with Crippen LogP contribution in [0.25, 0.3) is 0 Å². The predicted octanol–water partition coefficient (Wildman–Crippen LogP) is -0.841. The average molecular weight is 214 g/mol. The summed E-state index contributed by atoms with van der Waals surface area (Å²) in [6, 6.07) is 0. The number of rotatable bonds is 2. The van der Waals surface area contributed by atoms with E-state index in [0.717, 1.165) is 26.2 Å². The number of carboxylic acid groups (broad SMARTS) is 1. The van der Waals surface area contributed by atoms with Gasteiger partial charge in [0.2, 0.25) is 0 Å². The summed E-state index contributed by atoms with van der Waals surface area (Å²) in [7, 11) is 0. The molecule has 15 heavy (non-hydrogen) atoms. The second kappa shape index (κ2) is 5.44. The van der Waals surface area contributed by atoms with Crippen molar-refractivity contribution in [2.24, 2.45) is 0 Å². The summed E-state index contributed by atoms with van der Waals surface area (Å²) in [5.41, 5.74) is -1.03. The van der Waals surface area contributed by atoms with Gasteiger partial charge in [-0.3, -0.25) is 9.69 Å². The standard InChI is InChI=1S/C10H20N3O2/c1-10(2,9(14)15)13-7-5-11-3-4-12-6-8-13/h11-12H,1,3-8H2,2H3,(H,14,15). The average Bonchev–Trinajstić information content (AvgIpc) is 2.30. The molecule has 1 atom stereocenters. The van der Waals surface area contributed by atoms with E-state index in [1.165, 1.54) is 0 Å². The minimum atomic E-state index is -1.03. The lowest BCUT2D eigenvalue weighted by molar-refractivity contribution is -0.147. The molecule has 0 aromatic rings. The fourth-order valence-corrected chi connectivity index (χ4v) is 1.60. The molecule has 1 unspecified atom stereocenters. The Labute approximate surface area is 90.8 Å². The van der Waals surface area contributed by atoms with E-state index < -0.39 is 11.5 Å². The first-order valence-electron chi connectivity index (χ1n) is 5.30. The van der Waals surface area contributed by atoms with E-state index in [4.69, 9.17) is 5.11 Å². The maximum atomic E-state index is 11.1. The van der Waals surface area contributed by atoms with Crippen LogP contribution in [-0.2, 0) is 4.79 Å². The van der Waals surface area contributed by atoms with Crippen molar-refractivity contribution in [3.05, 3.63) is 6.92 Å². The highest BCUT2D eigenvalue weighted by atomic mass is 16.4. The molecular formula is C10H20N3O2. The number of hydrogen-bond donors (Lipinski definition) is 3. The van der Waals surface area contributed by atoms with Crippen LogP contribution >= 0.6 is 0 Å². The minimum absolute atomic E-state index is 0.716. The smallest absolute Gasteiger partial charge is 0.323 e. The number of carboxylic acids is 1. The van der Waals surface area contributed by atoms with Crippen molar-refractivity contribution in [3.8, 4) is 0 Å². The van der Waals surface area contributed by atoms with Crippen LogP contribution in [0.15, 0.2) is 0 Å². The Hall–Kier alpha value is -0.650. The van der Waals surface area contributed by atoms with Crippen molar-refractivity contribution in [2.45, 2.75) is 12.5 Å². The van der Waals surface area contributed by atoms with Crippen molar-refractivity contribution < 1.29 is 9.90 Å². The Morgan fingerprint density at radius 3 is 2.13 bits per heavy atom. The van der Waals surface area contributed by atoms with Gasteiger partial charge in [-0.1, -0.05) is 0 Å².